The van der Waals surface area contributed by atoms with Crippen LogP contribution in [0.3, 0.4) is 0 Å². The smallest absolute Gasteiger partial charge is 0.243 e. The molecule has 1 atom stereocenters. The average molecular weight is 565 g/mol. The summed E-state index contributed by atoms with van der Waals surface area (Å²) in [5.74, 6) is 0.273. The van der Waals surface area contributed by atoms with Gasteiger partial charge in [-0.25, -0.2) is 8.42 Å². The molecule has 1 aliphatic rings. The molecule has 1 unspecified atom stereocenters. The molecule has 1 fully saturated rings. The molecule has 4 rings (SSSR count). The Balaban J connectivity index is 1.43. The number of sulfonamides is 1. The third kappa shape index (κ3) is 7.45. The fraction of sp³-hybridized carbons (Fsp3) is 0.367. The molecule has 2 amide bonds. The first kappa shape index (κ1) is 29.2. The number of aryl methyl sites for hydroxylation is 1. The molecule has 1 aliphatic heterocycles. The minimum absolute atomic E-state index is 0.173. The maximum absolute atomic E-state index is 13.5. The van der Waals surface area contributed by atoms with Crippen molar-refractivity contribution >= 4 is 21.8 Å². The molecule has 0 spiro atoms. The molecular weight excluding hydrogens is 528 g/mol. The van der Waals surface area contributed by atoms with E-state index in [0.717, 1.165) is 29.5 Å². The molecule has 0 radical (unpaired) electrons. The van der Waals surface area contributed by atoms with Gasteiger partial charge < -0.3 is 15.0 Å². The van der Waals surface area contributed by atoms with Crippen molar-refractivity contribution in [2.45, 2.75) is 56.6 Å². The van der Waals surface area contributed by atoms with Gasteiger partial charge in [-0.1, -0.05) is 30.3 Å². The van der Waals surface area contributed by atoms with Gasteiger partial charge in [-0.05, 0) is 73.2 Å². The lowest BCUT2D eigenvalue weighted by atomic mass is 10.1. The van der Waals surface area contributed by atoms with E-state index in [9.17, 15) is 18.0 Å². The third-order valence-corrected chi connectivity index (χ3v) is 9.04. The van der Waals surface area contributed by atoms with E-state index in [2.05, 4.69) is 10.3 Å². The molecule has 212 valence electrons. The largest absolute Gasteiger partial charge is 0.497 e. The van der Waals surface area contributed by atoms with Gasteiger partial charge in [0.2, 0.25) is 21.8 Å². The third-order valence-electron chi connectivity index (χ3n) is 7.12. The molecule has 2 heterocycles. The second kappa shape index (κ2) is 13.5. The number of aromatic nitrogens is 1. The maximum Gasteiger partial charge on any atom is 0.243 e. The molecule has 1 N–H and O–H groups in total. The minimum atomic E-state index is -3.49. The zero-order chi connectivity index (χ0) is 28.5. The topological polar surface area (TPSA) is 109 Å². The van der Waals surface area contributed by atoms with Crippen LogP contribution in [0.2, 0.25) is 0 Å². The average Bonchev–Trinajstić information content (AvgIpc) is 3.54. The molecule has 0 aliphatic carbocycles. The summed E-state index contributed by atoms with van der Waals surface area (Å²) in [4.78, 5) is 32.4. The number of ether oxygens (including phenoxy) is 1. The van der Waals surface area contributed by atoms with E-state index in [1.165, 1.54) is 4.31 Å². The van der Waals surface area contributed by atoms with Gasteiger partial charge in [-0.15, -0.1) is 0 Å². The number of methoxy groups -OCH3 is 1. The Morgan fingerprint density at radius 3 is 2.30 bits per heavy atom. The van der Waals surface area contributed by atoms with E-state index in [1.807, 2.05) is 30.3 Å². The Hall–Kier alpha value is -3.76. The summed E-state index contributed by atoms with van der Waals surface area (Å²) in [5.41, 5.74) is 2.59. The van der Waals surface area contributed by atoms with Gasteiger partial charge in [0.1, 0.15) is 11.8 Å². The van der Waals surface area contributed by atoms with E-state index >= 15 is 0 Å². The van der Waals surface area contributed by atoms with Crippen molar-refractivity contribution in [1.29, 1.82) is 0 Å². The molecular formula is C30H36N4O5S. The molecule has 0 saturated carbocycles. The predicted octanol–water partition coefficient (Wildman–Crippen LogP) is 3.54. The molecule has 0 bridgehead atoms. The van der Waals surface area contributed by atoms with Crippen LogP contribution in [0.5, 0.6) is 5.75 Å². The highest BCUT2D eigenvalue weighted by atomic mass is 32.2. The van der Waals surface area contributed by atoms with E-state index < -0.39 is 16.1 Å². The van der Waals surface area contributed by atoms with Gasteiger partial charge >= 0.3 is 0 Å². The first-order valence-electron chi connectivity index (χ1n) is 13.5. The number of nitrogens with zero attached hydrogens (tertiary/aromatic N) is 3. The van der Waals surface area contributed by atoms with Crippen LogP contribution in [0.15, 0.2) is 78.0 Å². The first-order chi connectivity index (χ1) is 19.3. The lowest BCUT2D eigenvalue weighted by Crippen LogP contribution is -2.47. The summed E-state index contributed by atoms with van der Waals surface area (Å²) in [6, 6.07) is 17.1. The fourth-order valence-electron chi connectivity index (χ4n) is 4.65. The van der Waals surface area contributed by atoms with Crippen LogP contribution in [0.1, 0.15) is 42.9 Å². The van der Waals surface area contributed by atoms with Crippen LogP contribution in [0, 0.1) is 0 Å². The van der Waals surface area contributed by atoms with Crippen molar-refractivity contribution in [2.75, 3.05) is 20.2 Å². The first-order valence-corrected chi connectivity index (χ1v) is 14.9. The Labute approximate surface area is 236 Å². The normalized spacial score (nSPS) is 14.4. The summed E-state index contributed by atoms with van der Waals surface area (Å²) in [6.07, 6.45) is 5.72. The van der Waals surface area contributed by atoms with Gasteiger partial charge in [-0.3, -0.25) is 14.6 Å². The highest BCUT2D eigenvalue weighted by Crippen LogP contribution is 2.22. The zero-order valence-corrected chi connectivity index (χ0v) is 23.8. The monoisotopic (exact) mass is 564 g/mol. The summed E-state index contributed by atoms with van der Waals surface area (Å²) < 4.78 is 32.4. The summed E-state index contributed by atoms with van der Waals surface area (Å²) in [6.45, 7) is 3.40. The predicted molar refractivity (Wildman–Crippen MR) is 152 cm³/mol. The minimum Gasteiger partial charge on any atom is -0.497 e. The SMILES string of the molecule is COc1ccc(CN(C(=O)CCc2ccc(S(=O)(=O)N3CCCC3)cc2)C(C)C(=O)NCc2cccnc2)cc1. The Bertz CT molecular complexity index is 1370. The van der Waals surface area contributed by atoms with Crippen molar-refractivity contribution in [1.82, 2.24) is 19.5 Å². The molecule has 1 aromatic heterocycles. The lowest BCUT2D eigenvalue weighted by Gasteiger charge is -2.29. The highest BCUT2D eigenvalue weighted by Gasteiger charge is 2.28. The van der Waals surface area contributed by atoms with Gasteiger partial charge in [0, 0.05) is 45.0 Å². The van der Waals surface area contributed by atoms with Crippen LogP contribution in [-0.2, 0) is 39.1 Å². The molecule has 1 saturated heterocycles. The Morgan fingerprint density at radius 1 is 1.00 bits per heavy atom. The van der Waals surface area contributed by atoms with Crippen molar-refractivity contribution in [3.63, 3.8) is 0 Å². The van der Waals surface area contributed by atoms with Crippen molar-refractivity contribution in [3.8, 4) is 5.75 Å². The molecule has 10 heteroatoms. The second-order valence-corrected chi connectivity index (χ2v) is 11.8. The quantitative estimate of drug-likeness (QED) is 0.361. The van der Waals surface area contributed by atoms with E-state index in [-0.39, 0.29) is 29.7 Å². The number of carbonyl (C=O) groups excluding carboxylic acids is 2. The van der Waals surface area contributed by atoms with Crippen molar-refractivity contribution in [3.05, 3.63) is 89.7 Å². The van der Waals surface area contributed by atoms with Crippen molar-refractivity contribution < 1.29 is 22.7 Å². The molecule has 9 nitrogen and oxygen atoms in total. The number of amides is 2. The summed E-state index contributed by atoms with van der Waals surface area (Å²) in [5, 5.41) is 2.90. The van der Waals surface area contributed by atoms with E-state index in [0.29, 0.717) is 31.8 Å². The summed E-state index contributed by atoms with van der Waals surface area (Å²) in [7, 11) is -1.89. The molecule has 3 aromatic rings. The number of benzene rings is 2. The van der Waals surface area contributed by atoms with Gasteiger partial charge in [0.15, 0.2) is 0 Å². The molecule has 2 aromatic carbocycles. The van der Waals surface area contributed by atoms with Crippen LogP contribution in [0.4, 0.5) is 0 Å². The lowest BCUT2D eigenvalue weighted by molar-refractivity contribution is -0.140. The number of carbonyl (C=O) groups is 2. The van der Waals surface area contributed by atoms with Gasteiger partial charge in [0.25, 0.3) is 0 Å². The number of hydrogen-bond acceptors (Lipinski definition) is 6. The number of hydrogen-bond donors (Lipinski definition) is 1. The summed E-state index contributed by atoms with van der Waals surface area (Å²) >= 11 is 0. The maximum atomic E-state index is 13.5. The number of nitrogens with one attached hydrogen (secondary N) is 1. The van der Waals surface area contributed by atoms with Gasteiger partial charge in [0.05, 0.1) is 12.0 Å². The fourth-order valence-corrected chi connectivity index (χ4v) is 6.17. The van der Waals surface area contributed by atoms with Crippen LogP contribution < -0.4 is 10.1 Å². The number of rotatable bonds is 12. The van der Waals surface area contributed by atoms with E-state index in [1.54, 1.807) is 61.7 Å². The standard InChI is InChI=1S/C30H36N4O5S/c1-23(30(36)32-21-26-6-5-17-31-20-26)34(22-25-7-12-27(39-2)13-8-25)29(35)16-11-24-9-14-28(15-10-24)40(37,38)33-18-3-4-19-33/h5-10,12-15,17,20,23H,3-4,11,16,18-19,21-22H2,1-2H3,(H,32,36). The van der Waals surface area contributed by atoms with Crippen LogP contribution in [-0.4, -0.2) is 60.7 Å². The molecule has 40 heavy (non-hydrogen) atoms. The van der Waals surface area contributed by atoms with Gasteiger partial charge in [-0.2, -0.15) is 4.31 Å². The van der Waals surface area contributed by atoms with Crippen molar-refractivity contribution in [2.24, 2.45) is 0 Å². The number of pyridine rings is 1. The van der Waals surface area contributed by atoms with Crippen LogP contribution >= 0.6 is 0 Å². The van der Waals surface area contributed by atoms with Crippen LogP contribution in [0.25, 0.3) is 0 Å². The Morgan fingerprint density at radius 2 is 1.68 bits per heavy atom. The Kier molecular flexibility index (Phi) is 9.89. The zero-order valence-electron chi connectivity index (χ0n) is 23.0. The van der Waals surface area contributed by atoms with E-state index in [4.69, 9.17) is 4.74 Å². The highest BCUT2D eigenvalue weighted by molar-refractivity contribution is 7.89. The second-order valence-electron chi connectivity index (χ2n) is 9.88.